The minimum Gasteiger partial charge on any atom is -0.491 e. The van der Waals surface area contributed by atoms with Gasteiger partial charge in [-0.15, -0.1) is 0 Å². The second-order valence-corrected chi connectivity index (χ2v) is 9.96. The van der Waals surface area contributed by atoms with Crippen molar-refractivity contribution in [3.63, 3.8) is 0 Å². The average molecular weight is 472 g/mol. The van der Waals surface area contributed by atoms with Crippen molar-refractivity contribution in [2.24, 2.45) is 5.92 Å². The second-order valence-electron chi connectivity index (χ2n) is 8.29. The first-order chi connectivity index (χ1) is 15.3. The van der Waals surface area contributed by atoms with Gasteiger partial charge in [-0.25, -0.2) is 0 Å². The van der Waals surface area contributed by atoms with Crippen LogP contribution in [-0.4, -0.2) is 38.3 Å². The molecule has 0 bridgehead atoms. The summed E-state index contributed by atoms with van der Waals surface area (Å²) in [6.45, 7) is 3.97. The van der Waals surface area contributed by atoms with Crippen LogP contribution < -0.4 is 4.74 Å². The van der Waals surface area contributed by atoms with Crippen molar-refractivity contribution in [1.29, 1.82) is 0 Å². The van der Waals surface area contributed by atoms with Gasteiger partial charge in [-0.3, -0.25) is 14.5 Å². The number of rotatable bonds is 6. The Balaban J connectivity index is 1.45. The molecule has 1 amide bonds. The third-order valence-corrected chi connectivity index (χ3v) is 6.98. The molecule has 1 aromatic carbocycles. The number of thiocarbonyl (C=S) groups is 1. The Labute approximate surface area is 196 Å². The topological polar surface area (TPSA) is 80.0 Å². The lowest BCUT2D eigenvalue weighted by Crippen LogP contribution is -2.41. The molecule has 0 spiro atoms. The maximum absolute atomic E-state index is 13.0. The summed E-state index contributed by atoms with van der Waals surface area (Å²) < 4.78 is 12.1. The molecule has 1 aliphatic carbocycles. The van der Waals surface area contributed by atoms with Crippen LogP contribution in [-0.2, 0) is 9.59 Å². The van der Waals surface area contributed by atoms with Gasteiger partial charge in [0.05, 0.1) is 16.9 Å². The summed E-state index contributed by atoms with van der Waals surface area (Å²) in [5, 5.41) is 9.20. The molecule has 8 heteroatoms. The van der Waals surface area contributed by atoms with Gasteiger partial charge >= 0.3 is 5.97 Å². The van der Waals surface area contributed by atoms with Gasteiger partial charge in [0.1, 0.15) is 21.6 Å². The van der Waals surface area contributed by atoms with E-state index in [1.165, 1.54) is 11.8 Å². The van der Waals surface area contributed by atoms with E-state index in [1.54, 1.807) is 11.0 Å². The summed E-state index contributed by atoms with van der Waals surface area (Å²) in [5.74, 6) is 0.869. The first-order valence-electron chi connectivity index (χ1n) is 10.7. The number of hydrogen-bond acceptors (Lipinski definition) is 6. The lowest BCUT2D eigenvalue weighted by molar-refractivity contribution is -0.143. The predicted molar refractivity (Wildman–Crippen MR) is 128 cm³/mol. The van der Waals surface area contributed by atoms with Crippen LogP contribution in [0.5, 0.6) is 5.75 Å². The predicted octanol–water partition coefficient (Wildman–Crippen LogP) is 5.58. The van der Waals surface area contributed by atoms with Crippen LogP contribution >= 0.6 is 24.0 Å². The van der Waals surface area contributed by atoms with Crippen LogP contribution in [0.3, 0.4) is 0 Å². The Morgan fingerprint density at radius 2 is 1.88 bits per heavy atom. The molecular formula is C24H25NO5S2. The van der Waals surface area contributed by atoms with Gasteiger partial charge in [-0.05, 0) is 75.9 Å². The van der Waals surface area contributed by atoms with Crippen molar-refractivity contribution in [3.05, 3.63) is 47.1 Å². The normalized spacial score (nSPS) is 22.7. The third-order valence-electron chi connectivity index (χ3n) is 5.65. The molecule has 1 N–H and O–H groups in total. The SMILES string of the molecule is CC(C)Oc1ccc(-c2ccc(/C=C3/SC(=S)N(C4CCC(C(=O)O)CC4)C3=O)o2)cc1. The number of carbonyl (C=O) groups excluding carboxylic acids is 1. The summed E-state index contributed by atoms with van der Waals surface area (Å²) in [6.07, 6.45) is 4.28. The van der Waals surface area contributed by atoms with E-state index in [0.29, 0.717) is 46.4 Å². The van der Waals surface area contributed by atoms with Crippen LogP contribution in [0.25, 0.3) is 17.4 Å². The van der Waals surface area contributed by atoms with E-state index in [9.17, 15) is 14.7 Å². The Hall–Kier alpha value is -2.58. The smallest absolute Gasteiger partial charge is 0.306 e. The van der Waals surface area contributed by atoms with E-state index in [4.69, 9.17) is 21.4 Å². The zero-order valence-corrected chi connectivity index (χ0v) is 19.6. The lowest BCUT2D eigenvalue weighted by Gasteiger charge is -2.32. The number of ether oxygens (including phenoxy) is 1. The highest BCUT2D eigenvalue weighted by Crippen LogP contribution is 2.39. The second kappa shape index (κ2) is 9.50. The molecule has 0 radical (unpaired) electrons. The number of carboxylic acid groups (broad SMARTS) is 1. The summed E-state index contributed by atoms with van der Waals surface area (Å²) >= 11 is 6.73. The summed E-state index contributed by atoms with van der Waals surface area (Å²) in [6, 6.07) is 11.4. The van der Waals surface area contributed by atoms with Crippen molar-refractivity contribution in [1.82, 2.24) is 4.90 Å². The van der Waals surface area contributed by atoms with E-state index < -0.39 is 5.97 Å². The molecule has 32 heavy (non-hydrogen) atoms. The van der Waals surface area contributed by atoms with Gasteiger partial charge in [-0.1, -0.05) is 24.0 Å². The highest BCUT2D eigenvalue weighted by Gasteiger charge is 2.39. The molecule has 1 saturated heterocycles. The first-order valence-corrected chi connectivity index (χ1v) is 11.9. The molecule has 2 aromatic rings. The van der Waals surface area contributed by atoms with Gasteiger partial charge in [0.15, 0.2) is 0 Å². The van der Waals surface area contributed by atoms with Gasteiger partial charge in [-0.2, -0.15) is 0 Å². The summed E-state index contributed by atoms with van der Waals surface area (Å²) in [7, 11) is 0. The number of carbonyl (C=O) groups is 2. The van der Waals surface area contributed by atoms with Gasteiger partial charge in [0.2, 0.25) is 0 Å². The molecular weight excluding hydrogens is 446 g/mol. The van der Waals surface area contributed by atoms with Crippen LogP contribution in [0, 0.1) is 5.92 Å². The Morgan fingerprint density at radius 1 is 1.19 bits per heavy atom. The van der Waals surface area contributed by atoms with Crippen molar-refractivity contribution in [3.8, 4) is 17.1 Å². The first kappa shape index (κ1) is 22.6. The summed E-state index contributed by atoms with van der Waals surface area (Å²) in [5.41, 5.74) is 0.920. The maximum atomic E-state index is 13.0. The number of carboxylic acids is 1. The molecule has 0 unspecified atom stereocenters. The number of amides is 1. The largest absolute Gasteiger partial charge is 0.491 e. The van der Waals surface area contributed by atoms with Crippen molar-refractivity contribution in [2.75, 3.05) is 0 Å². The minimum atomic E-state index is -0.760. The lowest BCUT2D eigenvalue weighted by atomic mass is 9.85. The Kier molecular flexibility index (Phi) is 6.71. The molecule has 168 valence electrons. The van der Waals surface area contributed by atoms with Crippen LogP contribution in [0.1, 0.15) is 45.3 Å². The number of thioether (sulfide) groups is 1. The summed E-state index contributed by atoms with van der Waals surface area (Å²) in [4.78, 5) is 26.4. The van der Waals surface area contributed by atoms with E-state index in [0.717, 1.165) is 11.3 Å². The number of aliphatic carboxylic acids is 1. The number of nitrogens with zero attached hydrogens (tertiary/aromatic N) is 1. The highest BCUT2D eigenvalue weighted by atomic mass is 32.2. The molecule has 2 fully saturated rings. The standard InChI is InChI=1S/C24H25NO5S2/c1-14(2)29-18-9-5-15(6-10-18)20-12-11-19(30-20)13-21-22(26)25(24(31)32-21)17-7-3-16(4-8-17)23(27)28/h5-6,9-14,16-17H,3-4,7-8H2,1-2H3,(H,27,28)/b21-13+. The minimum absolute atomic E-state index is 0.0391. The average Bonchev–Trinajstić information content (AvgIpc) is 3.33. The van der Waals surface area contributed by atoms with Crippen molar-refractivity contribution < 1.29 is 23.8 Å². The fraction of sp³-hybridized carbons (Fsp3) is 0.375. The van der Waals surface area contributed by atoms with Crippen molar-refractivity contribution >= 4 is 46.3 Å². The third kappa shape index (κ3) is 4.91. The monoisotopic (exact) mass is 471 g/mol. The highest BCUT2D eigenvalue weighted by molar-refractivity contribution is 8.26. The zero-order valence-electron chi connectivity index (χ0n) is 17.9. The van der Waals surface area contributed by atoms with Gasteiger partial charge in [0, 0.05) is 17.7 Å². The fourth-order valence-corrected chi connectivity index (χ4v) is 5.44. The van der Waals surface area contributed by atoms with E-state index in [1.807, 2.05) is 50.2 Å². The Bertz CT molecular complexity index is 1050. The van der Waals surface area contributed by atoms with Crippen LogP contribution in [0.4, 0.5) is 0 Å². The number of benzene rings is 1. The molecule has 2 heterocycles. The van der Waals surface area contributed by atoms with Gasteiger partial charge < -0.3 is 14.3 Å². The van der Waals surface area contributed by atoms with Crippen molar-refractivity contribution in [2.45, 2.75) is 51.7 Å². The number of hydrogen-bond donors (Lipinski definition) is 1. The Morgan fingerprint density at radius 3 is 2.50 bits per heavy atom. The number of furan rings is 1. The molecule has 1 saturated carbocycles. The van der Waals surface area contributed by atoms with E-state index >= 15 is 0 Å². The molecule has 0 atom stereocenters. The molecule has 4 rings (SSSR count). The molecule has 1 aliphatic heterocycles. The molecule has 1 aromatic heterocycles. The molecule has 2 aliphatic rings. The quantitative estimate of drug-likeness (QED) is 0.435. The fourth-order valence-electron chi connectivity index (χ4n) is 4.06. The molecule has 6 nitrogen and oxygen atoms in total. The van der Waals surface area contributed by atoms with Crippen LogP contribution in [0.15, 0.2) is 45.7 Å². The van der Waals surface area contributed by atoms with Crippen LogP contribution in [0.2, 0.25) is 0 Å². The van der Waals surface area contributed by atoms with E-state index in [2.05, 4.69) is 0 Å². The zero-order chi connectivity index (χ0) is 22.8. The van der Waals surface area contributed by atoms with E-state index in [-0.39, 0.29) is 24.0 Å². The van der Waals surface area contributed by atoms with Gasteiger partial charge in [0.25, 0.3) is 5.91 Å². The maximum Gasteiger partial charge on any atom is 0.306 e.